The van der Waals surface area contributed by atoms with Gasteiger partial charge in [-0.2, -0.15) is 0 Å². The molecule has 1 N–H and O–H groups in total. The third-order valence-electron chi connectivity index (χ3n) is 5.41. The summed E-state index contributed by atoms with van der Waals surface area (Å²) in [6.45, 7) is 5.88. The number of carboxylic acid groups (broad SMARTS) is 1. The highest BCUT2D eigenvalue weighted by Crippen LogP contribution is 2.28. The zero-order valence-corrected chi connectivity index (χ0v) is 16.5. The predicted molar refractivity (Wildman–Crippen MR) is 103 cm³/mol. The molecule has 0 saturated carbocycles. The summed E-state index contributed by atoms with van der Waals surface area (Å²) >= 11 is 6.25. The van der Waals surface area contributed by atoms with Crippen LogP contribution >= 0.6 is 11.6 Å². The molecule has 1 aromatic rings. The number of carboxylic acids is 1. The van der Waals surface area contributed by atoms with Crippen LogP contribution in [0.15, 0.2) is 18.2 Å². The van der Waals surface area contributed by atoms with Gasteiger partial charge in [0, 0.05) is 25.6 Å². The Balaban J connectivity index is 1.50. The monoisotopic (exact) mass is 394 g/mol. The Morgan fingerprint density at radius 2 is 1.89 bits per heavy atom. The zero-order valence-electron chi connectivity index (χ0n) is 15.7. The maximum absolute atomic E-state index is 12.5. The lowest BCUT2D eigenvalue weighted by molar-refractivity contribution is -0.144. The smallest absolute Gasteiger partial charge is 0.344 e. The fraction of sp³-hybridized carbons (Fsp3) is 0.600. The first kappa shape index (κ1) is 20.0. The summed E-state index contributed by atoms with van der Waals surface area (Å²) in [5.41, 5.74) is 1.06. The van der Waals surface area contributed by atoms with Gasteiger partial charge in [-0.05, 0) is 63.4 Å². The lowest BCUT2D eigenvalue weighted by Gasteiger charge is -2.33. The molecule has 1 atom stereocenters. The van der Waals surface area contributed by atoms with E-state index in [2.05, 4.69) is 4.90 Å². The topological polar surface area (TPSA) is 70.1 Å². The van der Waals surface area contributed by atoms with Gasteiger partial charge in [0.2, 0.25) is 5.91 Å². The van der Waals surface area contributed by atoms with Crippen molar-refractivity contribution in [3.8, 4) is 5.75 Å². The average Bonchev–Trinajstić information content (AvgIpc) is 3.18. The number of amides is 1. The zero-order chi connectivity index (χ0) is 19.4. The van der Waals surface area contributed by atoms with E-state index in [-0.39, 0.29) is 5.92 Å². The normalized spacial score (nSPS) is 19.9. The van der Waals surface area contributed by atoms with Crippen molar-refractivity contribution in [1.29, 1.82) is 0 Å². The Morgan fingerprint density at radius 3 is 2.48 bits per heavy atom. The number of ether oxygens (including phenoxy) is 1. The van der Waals surface area contributed by atoms with Gasteiger partial charge >= 0.3 is 5.97 Å². The minimum absolute atomic E-state index is 0.163. The van der Waals surface area contributed by atoms with Gasteiger partial charge in [-0.3, -0.25) is 9.69 Å². The van der Waals surface area contributed by atoms with E-state index >= 15 is 0 Å². The molecule has 27 heavy (non-hydrogen) atoms. The highest BCUT2D eigenvalue weighted by atomic mass is 35.5. The van der Waals surface area contributed by atoms with Gasteiger partial charge in [0.15, 0.2) is 6.10 Å². The van der Waals surface area contributed by atoms with Crippen molar-refractivity contribution in [1.82, 2.24) is 9.80 Å². The summed E-state index contributed by atoms with van der Waals surface area (Å²) in [7, 11) is 0. The lowest BCUT2D eigenvalue weighted by atomic mass is 9.95. The molecule has 6 nitrogen and oxygen atoms in total. The van der Waals surface area contributed by atoms with E-state index in [1.807, 2.05) is 17.0 Å². The number of likely N-dealkylation sites (tertiary alicyclic amines) is 2. The van der Waals surface area contributed by atoms with E-state index in [4.69, 9.17) is 21.4 Å². The molecule has 2 aliphatic rings. The molecule has 7 heteroatoms. The van der Waals surface area contributed by atoms with Gasteiger partial charge in [0.1, 0.15) is 5.75 Å². The van der Waals surface area contributed by atoms with Gasteiger partial charge in [0.25, 0.3) is 0 Å². The number of rotatable bonds is 6. The maximum atomic E-state index is 12.5. The Hall–Kier alpha value is -1.79. The number of aliphatic carboxylic acids is 1. The fourth-order valence-electron chi connectivity index (χ4n) is 3.77. The summed E-state index contributed by atoms with van der Waals surface area (Å²) < 4.78 is 5.35. The number of piperidine rings is 1. The predicted octanol–water partition coefficient (Wildman–Crippen LogP) is 3.03. The highest BCUT2D eigenvalue weighted by molar-refractivity contribution is 6.32. The summed E-state index contributed by atoms with van der Waals surface area (Å²) in [4.78, 5) is 27.8. The molecule has 3 rings (SSSR count). The molecule has 0 radical (unpaired) electrons. The van der Waals surface area contributed by atoms with E-state index in [1.165, 1.54) is 6.92 Å². The highest BCUT2D eigenvalue weighted by Gasteiger charge is 2.29. The van der Waals surface area contributed by atoms with Crippen molar-refractivity contribution >= 4 is 23.5 Å². The molecular weight excluding hydrogens is 368 g/mol. The van der Waals surface area contributed by atoms with Crippen LogP contribution in [0.3, 0.4) is 0 Å². The molecule has 2 aliphatic heterocycles. The molecule has 2 heterocycles. The molecule has 0 aromatic heterocycles. The summed E-state index contributed by atoms with van der Waals surface area (Å²) in [6, 6.07) is 5.46. The van der Waals surface area contributed by atoms with Crippen LogP contribution in [0.4, 0.5) is 0 Å². The van der Waals surface area contributed by atoms with Crippen LogP contribution in [0, 0.1) is 5.92 Å². The number of nitrogens with zero attached hydrogens (tertiary/aromatic N) is 2. The minimum Gasteiger partial charge on any atom is -0.479 e. The summed E-state index contributed by atoms with van der Waals surface area (Å²) in [6.07, 6.45) is 3.13. The van der Waals surface area contributed by atoms with Crippen molar-refractivity contribution in [2.24, 2.45) is 5.92 Å². The number of halogens is 1. The van der Waals surface area contributed by atoms with Gasteiger partial charge in [-0.25, -0.2) is 4.79 Å². The largest absolute Gasteiger partial charge is 0.479 e. The van der Waals surface area contributed by atoms with Gasteiger partial charge in [-0.1, -0.05) is 17.7 Å². The SMILES string of the molecule is C[C@@H](Oc1ccc(CN2CCC(C(=O)N3CCCC3)CC2)cc1Cl)C(=O)O. The number of hydrogen-bond acceptors (Lipinski definition) is 4. The number of hydrogen-bond donors (Lipinski definition) is 1. The summed E-state index contributed by atoms with van der Waals surface area (Å²) in [5.74, 6) is -0.146. The van der Waals surface area contributed by atoms with Crippen molar-refractivity contribution in [2.45, 2.75) is 45.3 Å². The lowest BCUT2D eigenvalue weighted by Crippen LogP contribution is -2.41. The van der Waals surface area contributed by atoms with E-state index in [9.17, 15) is 9.59 Å². The van der Waals surface area contributed by atoms with Crippen molar-refractivity contribution < 1.29 is 19.4 Å². The Labute approximate surface area is 165 Å². The molecule has 148 valence electrons. The second-order valence-electron chi connectivity index (χ2n) is 7.45. The van der Waals surface area contributed by atoms with Crippen LogP contribution in [0.25, 0.3) is 0 Å². The molecule has 2 saturated heterocycles. The second-order valence-corrected chi connectivity index (χ2v) is 7.85. The van der Waals surface area contributed by atoms with E-state index in [1.54, 1.807) is 6.07 Å². The van der Waals surface area contributed by atoms with Crippen LogP contribution in [0.5, 0.6) is 5.75 Å². The molecule has 0 bridgehead atoms. The van der Waals surface area contributed by atoms with Crippen LogP contribution in [-0.4, -0.2) is 59.1 Å². The molecule has 0 unspecified atom stereocenters. The second kappa shape index (κ2) is 8.93. The van der Waals surface area contributed by atoms with E-state index in [0.717, 1.165) is 64.0 Å². The maximum Gasteiger partial charge on any atom is 0.344 e. The first-order valence-corrected chi connectivity index (χ1v) is 10.0. The first-order chi connectivity index (χ1) is 12.9. The van der Waals surface area contributed by atoms with E-state index < -0.39 is 12.1 Å². The van der Waals surface area contributed by atoms with Gasteiger partial charge in [-0.15, -0.1) is 0 Å². The van der Waals surface area contributed by atoms with Crippen molar-refractivity contribution in [2.75, 3.05) is 26.2 Å². The first-order valence-electron chi connectivity index (χ1n) is 9.63. The van der Waals surface area contributed by atoms with Crippen molar-refractivity contribution in [3.05, 3.63) is 28.8 Å². The quantitative estimate of drug-likeness (QED) is 0.803. The van der Waals surface area contributed by atoms with Gasteiger partial charge in [0.05, 0.1) is 5.02 Å². The van der Waals surface area contributed by atoms with Crippen LogP contribution < -0.4 is 4.74 Å². The third kappa shape index (κ3) is 5.14. The standard InChI is InChI=1S/C20H27ClN2O4/c1-14(20(25)26)27-18-5-4-15(12-17(18)21)13-22-10-6-16(7-11-22)19(24)23-8-2-3-9-23/h4-5,12,14,16H,2-3,6-11,13H2,1H3,(H,25,26)/t14-/m1/s1. The molecule has 1 aromatic carbocycles. The van der Waals surface area contributed by atoms with Gasteiger partial charge < -0.3 is 14.7 Å². The number of carbonyl (C=O) groups excluding carboxylic acids is 1. The van der Waals surface area contributed by atoms with Crippen LogP contribution in [-0.2, 0) is 16.1 Å². The Bertz CT molecular complexity index is 683. The Kier molecular flexibility index (Phi) is 6.60. The summed E-state index contributed by atoms with van der Waals surface area (Å²) in [5, 5.41) is 9.35. The molecule has 0 aliphatic carbocycles. The third-order valence-corrected chi connectivity index (χ3v) is 5.70. The molecule has 0 spiro atoms. The molecule has 2 fully saturated rings. The number of carbonyl (C=O) groups is 2. The average molecular weight is 395 g/mol. The van der Waals surface area contributed by atoms with Crippen molar-refractivity contribution in [3.63, 3.8) is 0 Å². The minimum atomic E-state index is -1.03. The van der Waals surface area contributed by atoms with Crippen LogP contribution in [0.2, 0.25) is 5.02 Å². The number of benzene rings is 1. The molecular formula is C20H27ClN2O4. The van der Waals surface area contributed by atoms with E-state index in [0.29, 0.717) is 16.7 Å². The van der Waals surface area contributed by atoms with Crippen LogP contribution in [0.1, 0.15) is 38.2 Å². The fourth-order valence-corrected chi connectivity index (χ4v) is 4.02. The Morgan fingerprint density at radius 1 is 1.22 bits per heavy atom. The molecule has 1 amide bonds.